The maximum atomic E-state index is 11.9. The topological polar surface area (TPSA) is 34.1 Å². The molecule has 0 radical (unpaired) electrons. The first kappa shape index (κ1) is 14.6. The first-order valence-electron chi connectivity index (χ1n) is 5.40. The second kappa shape index (κ2) is 6.45. The highest BCUT2D eigenvalue weighted by Gasteiger charge is 2.15. The Bertz CT molecular complexity index is 439. The van der Waals surface area contributed by atoms with Crippen LogP contribution < -0.4 is 0 Å². The Kier molecular flexibility index (Phi) is 5.53. The van der Waals surface area contributed by atoms with E-state index >= 15 is 0 Å². The summed E-state index contributed by atoms with van der Waals surface area (Å²) in [4.78, 5) is 23.5. The molecule has 0 aliphatic carbocycles. The van der Waals surface area contributed by atoms with Gasteiger partial charge in [-0.2, -0.15) is 0 Å². The van der Waals surface area contributed by atoms with Crippen LogP contribution in [0.1, 0.15) is 37.0 Å². The number of hydrogen-bond acceptors (Lipinski definition) is 2. The standard InChI is InChI=1S/C13H14Br2O2/c1-8(2)5-10(16)7-13(17)11-6-9(14)3-4-12(11)15/h3-4,6,8H,5,7H2,1-2H3. The van der Waals surface area contributed by atoms with Gasteiger partial charge in [-0.05, 0) is 24.1 Å². The fourth-order valence-corrected chi connectivity index (χ4v) is 2.34. The summed E-state index contributed by atoms with van der Waals surface area (Å²) in [7, 11) is 0. The summed E-state index contributed by atoms with van der Waals surface area (Å²) >= 11 is 6.63. The molecular formula is C13H14Br2O2. The number of halogens is 2. The predicted molar refractivity (Wildman–Crippen MR) is 75.3 cm³/mol. The lowest BCUT2D eigenvalue weighted by Crippen LogP contribution is -2.10. The van der Waals surface area contributed by atoms with Gasteiger partial charge in [0.2, 0.25) is 0 Å². The third-order valence-electron chi connectivity index (χ3n) is 2.22. The van der Waals surface area contributed by atoms with Crippen molar-refractivity contribution < 1.29 is 9.59 Å². The minimum atomic E-state index is -0.135. The van der Waals surface area contributed by atoms with Crippen LogP contribution in [0.25, 0.3) is 0 Å². The van der Waals surface area contributed by atoms with Crippen LogP contribution in [0.5, 0.6) is 0 Å². The molecular weight excluding hydrogens is 348 g/mol. The SMILES string of the molecule is CC(C)CC(=O)CC(=O)c1cc(Br)ccc1Br. The van der Waals surface area contributed by atoms with Crippen molar-refractivity contribution in [1.82, 2.24) is 0 Å². The van der Waals surface area contributed by atoms with Crippen LogP contribution in [-0.2, 0) is 4.79 Å². The van der Waals surface area contributed by atoms with E-state index in [-0.39, 0.29) is 18.0 Å². The molecule has 1 rings (SSSR count). The Hall–Kier alpha value is -0.480. The Morgan fingerprint density at radius 2 is 1.88 bits per heavy atom. The molecule has 0 N–H and O–H groups in total. The first-order valence-corrected chi connectivity index (χ1v) is 6.98. The highest BCUT2D eigenvalue weighted by atomic mass is 79.9. The van der Waals surface area contributed by atoms with Crippen molar-refractivity contribution in [3.8, 4) is 0 Å². The van der Waals surface area contributed by atoms with E-state index in [2.05, 4.69) is 31.9 Å². The lowest BCUT2D eigenvalue weighted by molar-refractivity contribution is -0.118. The van der Waals surface area contributed by atoms with Crippen LogP contribution >= 0.6 is 31.9 Å². The van der Waals surface area contributed by atoms with E-state index in [0.29, 0.717) is 17.9 Å². The van der Waals surface area contributed by atoms with Crippen LogP contribution in [0.3, 0.4) is 0 Å². The summed E-state index contributed by atoms with van der Waals surface area (Å²) in [6.45, 7) is 3.94. The second-order valence-corrected chi connectivity index (χ2v) is 6.13. The summed E-state index contributed by atoms with van der Waals surface area (Å²) in [5.41, 5.74) is 0.552. The third-order valence-corrected chi connectivity index (χ3v) is 3.41. The summed E-state index contributed by atoms with van der Waals surface area (Å²) in [5, 5.41) is 0. The molecule has 0 heterocycles. The molecule has 0 saturated carbocycles. The number of benzene rings is 1. The molecule has 4 heteroatoms. The van der Waals surface area contributed by atoms with Gasteiger partial charge in [0.25, 0.3) is 0 Å². The summed E-state index contributed by atoms with van der Waals surface area (Å²) in [6, 6.07) is 5.37. The normalized spacial score (nSPS) is 10.6. The maximum Gasteiger partial charge on any atom is 0.171 e. The van der Waals surface area contributed by atoms with Crippen LogP contribution in [0.4, 0.5) is 0 Å². The van der Waals surface area contributed by atoms with Gasteiger partial charge in [-0.25, -0.2) is 0 Å². The smallest absolute Gasteiger partial charge is 0.171 e. The van der Waals surface area contributed by atoms with E-state index < -0.39 is 0 Å². The fraction of sp³-hybridized carbons (Fsp3) is 0.385. The monoisotopic (exact) mass is 360 g/mol. The molecule has 92 valence electrons. The summed E-state index contributed by atoms with van der Waals surface area (Å²) in [5.74, 6) is 0.155. The van der Waals surface area contributed by atoms with Crippen molar-refractivity contribution in [2.45, 2.75) is 26.7 Å². The zero-order valence-electron chi connectivity index (χ0n) is 9.80. The Morgan fingerprint density at radius 3 is 2.47 bits per heavy atom. The van der Waals surface area contributed by atoms with Gasteiger partial charge in [0.05, 0.1) is 6.42 Å². The van der Waals surface area contributed by atoms with Gasteiger partial charge in [-0.1, -0.05) is 45.7 Å². The van der Waals surface area contributed by atoms with E-state index in [4.69, 9.17) is 0 Å². The maximum absolute atomic E-state index is 11.9. The highest BCUT2D eigenvalue weighted by Crippen LogP contribution is 2.23. The lowest BCUT2D eigenvalue weighted by atomic mass is 10.0. The van der Waals surface area contributed by atoms with Crippen molar-refractivity contribution >= 4 is 43.4 Å². The molecule has 0 spiro atoms. The van der Waals surface area contributed by atoms with Crippen molar-refractivity contribution in [1.29, 1.82) is 0 Å². The van der Waals surface area contributed by atoms with Crippen LogP contribution in [0.2, 0.25) is 0 Å². The van der Waals surface area contributed by atoms with Gasteiger partial charge >= 0.3 is 0 Å². The molecule has 0 amide bonds. The lowest BCUT2D eigenvalue weighted by Gasteiger charge is -2.05. The first-order chi connectivity index (χ1) is 7.90. The van der Waals surface area contributed by atoms with E-state index in [1.165, 1.54) is 0 Å². The molecule has 0 atom stereocenters. The zero-order chi connectivity index (χ0) is 13.0. The molecule has 0 aliphatic rings. The second-order valence-electron chi connectivity index (χ2n) is 4.36. The molecule has 0 bridgehead atoms. The molecule has 2 nitrogen and oxygen atoms in total. The van der Waals surface area contributed by atoms with Crippen molar-refractivity contribution in [2.75, 3.05) is 0 Å². The average Bonchev–Trinajstić information content (AvgIpc) is 2.20. The molecule has 0 aromatic heterocycles. The molecule has 17 heavy (non-hydrogen) atoms. The Morgan fingerprint density at radius 1 is 1.24 bits per heavy atom. The number of carbonyl (C=O) groups is 2. The van der Waals surface area contributed by atoms with E-state index in [0.717, 1.165) is 8.95 Å². The summed E-state index contributed by atoms with van der Waals surface area (Å²) < 4.78 is 1.56. The molecule has 1 aromatic carbocycles. The van der Waals surface area contributed by atoms with Crippen molar-refractivity contribution in [3.05, 3.63) is 32.7 Å². The summed E-state index contributed by atoms with van der Waals surface area (Å²) in [6.07, 6.45) is 0.435. The third kappa shape index (κ3) is 4.72. The largest absolute Gasteiger partial charge is 0.299 e. The van der Waals surface area contributed by atoms with E-state index in [1.807, 2.05) is 19.9 Å². The molecule has 0 fully saturated rings. The number of ketones is 2. The fourth-order valence-electron chi connectivity index (χ4n) is 1.51. The number of carbonyl (C=O) groups excluding carboxylic acids is 2. The van der Waals surface area contributed by atoms with Gasteiger partial charge in [-0.15, -0.1) is 0 Å². The van der Waals surface area contributed by atoms with Crippen LogP contribution in [-0.4, -0.2) is 11.6 Å². The van der Waals surface area contributed by atoms with Gasteiger partial charge in [0.15, 0.2) is 5.78 Å². The quantitative estimate of drug-likeness (QED) is 0.575. The van der Waals surface area contributed by atoms with E-state index in [9.17, 15) is 9.59 Å². The van der Waals surface area contributed by atoms with Crippen molar-refractivity contribution in [2.24, 2.45) is 5.92 Å². The number of rotatable bonds is 5. The van der Waals surface area contributed by atoms with Crippen LogP contribution in [0, 0.1) is 5.92 Å². The van der Waals surface area contributed by atoms with E-state index in [1.54, 1.807) is 12.1 Å². The van der Waals surface area contributed by atoms with Gasteiger partial charge in [-0.3, -0.25) is 9.59 Å². The average molecular weight is 362 g/mol. The minimum absolute atomic E-state index is 0.00289. The predicted octanol–water partition coefficient (Wildman–Crippen LogP) is 4.40. The number of hydrogen-bond donors (Lipinski definition) is 0. The minimum Gasteiger partial charge on any atom is -0.299 e. The van der Waals surface area contributed by atoms with Crippen molar-refractivity contribution in [3.63, 3.8) is 0 Å². The molecule has 0 aliphatic heterocycles. The zero-order valence-corrected chi connectivity index (χ0v) is 13.0. The van der Waals surface area contributed by atoms with Crippen LogP contribution in [0.15, 0.2) is 27.1 Å². The van der Waals surface area contributed by atoms with Gasteiger partial charge in [0.1, 0.15) is 5.78 Å². The number of Topliss-reactive ketones (excluding diaryl/α,β-unsaturated/α-hetero) is 2. The Balaban J connectivity index is 2.76. The molecule has 1 aromatic rings. The molecule has 0 unspecified atom stereocenters. The Labute approximate surface area is 118 Å². The van der Waals surface area contributed by atoms with Gasteiger partial charge < -0.3 is 0 Å². The molecule has 0 saturated heterocycles. The highest BCUT2D eigenvalue weighted by molar-refractivity contribution is 9.11. The van der Waals surface area contributed by atoms with Gasteiger partial charge in [0, 0.05) is 20.9 Å².